The molecule has 0 aromatic heterocycles. The van der Waals surface area contributed by atoms with Gasteiger partial charge in [-0.3, -0.25) is 5.41 Å². The fourth-order valence-corrected chi connectivity index (χ4v) is 0. The van der Waals surface area contributed by atoms with E-state index in [0.717, 1.165) is 6.34 Å². The fraction of sp³-hybridized carbons (Fsp3) is 0.667. The molecule has 0 unspecified atom stereocenters. The molecule has 0 radical (unpaired) electrons. The van der Waals surface area contributed by atoms with Gasteiger partial charge in [0.15, 0.2) is 0 Å². The molecule has 0 fully saturated rings. The Kier molecular flexibility index (Phi) is 97.8. The quantitative estimate of drug-likeness (QED) is 0.311. The lowest BCUT2D eigenvalue weighted by molar-refractivity contribution is 1.02. The molecule has 0 aromatic carbocycles. The van der Waals surface area contributed by atoms with Crippen molar-refractivity contribution in [3.05, 3.63) is 0 Å². The second-order valence-electron chi connectivity index (χ2n) is 0.667. The van der Waals surface area contributed by atoms with Crippen molar-refractivity contribution >= 4 is 18.7 Å². The molecule has 0 aromatic rings. The van der Waals surface area contributed by atoms with E-state index in [-0.39, 0.29) is 12.4 Å². The topological polar surface area (TPSA) is 61.9 Å². The summed E-state index contributed by atoms with van der Waals surface area (Å²) < 4.78 is 0. The summed E-state index contributed by atoms with van der Waals surface area (Å²) in [6.07, 6.45) is 0.750. The van der Waals surface area contributed by atoms with Gasteiger partial charge in [-0.05, 0) is 14.1 Å². The van der Waals surface area contributed by atoms with Gasteiger partial charge < -0.3 is 11.1 Å². The first-order valence-corrected chi connectivity index (χ1v) is 1.62. The first-order valence-electron chi connectivity index (χ1n) is 1.62. The highest BCUT2D eigenvalue weighted by Crippen LogP contribution is 0.981. The normalized spacial score (nSPS) is 4.29. The minimum absolute atomic E-state index is 0. The lowest BCUT2D eigenvalue weighted by atomic mass is 11.3. The fourth-order valence-electron chi connectivity index (χ4n) is 0. The summed E-state index contributed by atoms with van der Waals surface area (Å²) in [5.41, 5.74) is 4.39. The van der Waals surface area contributed by atoms with E-state index in [2.05, 4.69) is 11.1 Å². The average Bonchev–Trinajstić information content (AvgIpc) is 1.39. The molecule has 0 amide bonds. The molecule has 46 valence electrons. The zero-order valence-electron chi connectivity index (χ0n) is 4.56. The van der Waals surface area contributed by atoms with Gasteiger partial charge in [-0.25, -0.2) is 0 Å². The highest BCUT2D eigenvalue weighted by atomic mass is 35.5. The minimum Gasteiger partial charge on any atom is -0.390 e. The van der Waals surface area contributed by atoms with Gasteiger partial charge in [-0.15, -0.1) is 12.4 Å². The second-order valence-corrected chi connectivity index (χ2v) is 0.667. The van der Waals surface area contributed by atoms with Crippen molar-refractivity contribution in [2.24, 2.45) is 5.73 Å². The molecule has 4 N–H and O–H groups in total. The third kappa shape index (κ3) is 1010. The lowest BCUT2D eigenvalue weighted by Crippen LogP contribution is -1.89. The minimum atomic E-state index is 0. The summed E-state index contributed by atoms with van der Waals surface area (Å²) in [5, 5.41) is 8.61. The third-order valence-corrected chi connectivity index (χ3v) is 0. The SMILES string of the molecule is CNC.Cl.N=CN. The molecule has 0 aliphatic heterocycles. The van der Waals surface area contributed by atoms with Gasteiger partial charge in [-0.2, -0.15) is 0 Å². The van der Waals surface area contributed by atoms with Gasteiger partial charge in [0.25, 0.3) is 0 Å². The molecule has 0 aliphatic carbocycles. The van der Waals surface area contributed by atoms with E-state index >= 15 is 0 Å². The Labute approximate surface area is 50.2 Å². The van der Waals surface area contributed by atoms with E-state index in [9.17, 15) is 0 Å². The van der Waals surface area contributed by atoms with Crippen LogP contribution in [0.5, 0.6) is 0 Å². The van der Waals surface area contributed by atoms with Gasteiger partial charge in [0, 0.05) is 0 Å². The molecule has 0 spiro atoms. The second kappa shape index (κ2) is 43.1. The number of hydrogen-bond acceptors (Lipinski definition) is 2. The molecule has 3 nitrogen and oxygen atoms in total. The van der Waals surface area contributed by atoms with Crippen molar-refractivity contribution in [2.45, 2.75) is 0 Å². The van der Waals surface area contributed by atoms with Crippen molar-refractivity contribution in [2.75, 3.05) is 14.1 Å². The van der Waals surface area contributed by atoms with Gasteiger partial charge in [0.05, 0.1) is 6.34 Å². The van der Waals surface area contributed by atoms with Crippen LogP contribution in [0.15, 0.2) is 0 Å². The highest BCUT2D eigenvalue weighted by molar-refractivity contribution is 5.85. The first-order chi connectivity index (χ1) is 2.83. The van der Waals surface area contributed by atoms with Gasteiger partial charge in [0.1, 0.15) is 0 Å². The average molecular weight is 126 g/mol. The summed E-state index contributed by atoms with van der Waals surface area (Å²) in [6, 6.07) is 0. The molecule has 0 rings (SSSR count). The molecule has 7 heavy (non-hydrogen) atoms. The van der Waals surface area contributed by atoms with E-state index in [1.54, 1.807) is 0 Å². The Bertz CT molecular complexity index is 24.1. The summed E-state index contributed by atoms with van der Waals surface area (Å²) in [6.45, 7) is 0. The van der Waals surface area contributed by atoms with Crippen LogP contribution in [0.25, 0.3) is 0 Å². The summed E-state index contributed by atoms with van der Waals surface area (Å²) >= 11 is 0. The molecule has 0 saturated carbocycles. The summed E-state index contributed by atoms with van der Waals surface area (Å²) in [4.78, 5) is 0. The van der Waals surface area contributed by atoms with Crippen LogP contribution in [0, 0.1) is 5.41 Å². The van der Waals surface area contributed by atoms with Crippen molar-refractivity contribution < 1.29 is 0 Å². The lowest BCUT2D eigenvalue weighted by Gasteiger charge is -1.59. The third-order valence-electron chi connectivity index (χ3n) is 0. The van der Waals surface area contributed by atoms with Crippen LogP contribution in [-0.2, 0) is 0 Å². The number of nitrogens with two attached hydrogens (primary N) is 1. The van der Waals surface area contributed by atoms with E-state index in [1.165, 1.54) is 0 Å². The maximum Gasteiger partial charge on any atom is 0.0765 e. The first kappa shape index (κ1) is 15.9. The van der Waals surface area contributed by atoms with Crippen LogP contribution in [0.3, 0.4) is 0 Å². The molecular weight excluding hydrogens is 114 g/mol. The number of nitrogens with one attached hydrogen (secondary N) is 2. The van der Waals surface area contributed by atoms with E-state index in [1.807, 2.05) is 14.1 Å². The summed E-state index contributed by atoms with van der Waals surface area (Å²) in [7, 11) is 3.75. The van der Waals surface area contributed by atoms with Crippen molar-refractivity contribution in [1.29, 1.82) is 5.41 Å². The largest absolute Gasteiger partial charge is 0.390 e. The molecule has 0 bridgehead atoms. The highest BCUT2D eigenvalue weighted by Gasteiger charge is 1.25. The Morgan fingerprint density at radius 1 is 1.57 bits per heavy atom. The number of rotatable bonds is 0. The molecule has 0 aliphatic rings. The Hall–Kier alpha value is -0.280. The van der Waals surface area contributed by atoms with Gasteiger partial charge in [0.2, 0.25) is 0 Å². The van der Waals surface area contributed by atoms with Crippen molar-refractivity contribution in [3.63, 3.8) is 0 Å². The summed E-state index contributed by atoms with van der Waals surface area (Å²) in [5.74, 6) is 0. The Balaban J connectivity index is -0.0000000400. The van der Waals surface area contributed by atoms with Gasteiger partial charge >= 0.3 is 0 Å². The molecule has 4 heteroatoms. The van der Waals surface area contributed by atoms with Gasteiger partial charge in [-0.1, -0.05) is 0 Å². The number of hydrogen-bond donors (Lipinski definition) is 3. The predicted octanol–water partition coefficient (Wildman–Crippen LogP) is -0.190. The van der Waals surface area contributed by atoms with E-state index in [0.29, 0.717) is 0 Å². The van der Waals surface area contributed by atoms with Crippen molar-refractivity contribution in [1.82, 2.24) is 5.32 Å². The predicted molar refractivity (Wildman–Crippen MR) is 35.2 cm³/mol. The van der Waals surface area contributed by atoms with Crippen LogP contribution in [0.2, 0.25) is 0 Å². The Morgan fingerprint density at radius 3 is 1.57 bits per heavy atom. The maximum absolute atomic E-state index is 5.86. The molecule has 0 atom stereocenters. The van der Waals surface area contributed by atoms with Crippen LogP contribution in [0.1, 0.15) is 0 Å². The monoisotopic (exact) mass is 125 g/mol. The van der Waals surface area contributed by atoms with Crippen LogP contribution in [-0.4, -0.2) is 20.4 Å². The van der Waals surface area contributed by atoms with Crippen LogP contribution >= 0.6 is 12.4 Å². The van der Waals surface area contributed by atoms with E-state index < -0.39 is 0 Å². The van der Waals surface area contributed by atoms with Crippen molar-refractivity contribution in [3.8, 4) is 0 Å². The molecular formula is C3H12ClN3. The number of halogens is 1. The smallest absolute Gasteiger partial charge is 0.0765 e. The van der Waals surface area contributed by atoms with E-state index in [4.69, 9.17) is 5.41 Å². The Morgan fingerprint density at radius 2 is 1.57 bits per heavy atom. The maximum atomic E-state index is 5.86. The zero-order chi connectivity index (χ0) is 5.41. The molecule has 0 saturated heterocycles. The van der Waals surface area contributed by atoms with Crippen LogP contribution in [0.4, 0.5) is 0 Å². The molecule has 0 heterocycles. The zero-order valence-corrected chi connectivity index (χ0v) is 5.38. The standard InChI is InChI=1S/C2H7N.CH4N2.ClH/c1-3-2;2-1-3;/h3H,1-2H3;1H,(H3,2,3);1H. The van der Waals surface area contributed by atoms with Crippen LogP contribution < -0.4 is 11.1 Å².